The highest BCUT2D eigenvalue weighted by molar-refractivity contribution is 8.07. The first-order valence-electron chi connectivity index (χ1n) is 9.30. The number of aryl methyl sites for hydroxylation is 1. The van der Waals surface area contributed by atoms with Crippen LogP contribution in [0.15, 0.2) is 27.6 Å². The zero-order valence-corrected chi connectivity index (χ0v) is 20.2. The highest BCUT2D eigenvalue weighted by atomic mass is 32.2. The zero-order chi connectivity index (χ0) is 25.0. The van der Waals surface area contributed by atoms with E-state index in [1.807, 2.05) is 0 Å². The Hall–Kier alpha value is -1.96. The number of phosphoric acid groups is 2. The van der Waals surface area contributed by atoms with Gasteiger partial charge in [-0.3, -0.25) is 9.32 Å². The number of thioether (sulfide) groups is 1. The summed E-state index contributed by atoms with van der Waals surface area (Å²) in [4.78, 5) is 48.1. The largest absolute Gasteiger partial charge is 0.510 e. The molecule has 0 aromatic carbocycles. The molecule has 1 atom stereocenters. The summed E-state index contributed by atoms with van der Waals surface area (Å²) in [5.74, 6) is -0.558. The lowest BCUT2D eigenvalue weighted by molar-refractivity contribution is -0.137. The van der Waals surface area contributed by atoms with Crippen LogP contribution in [0.3, 0.4) is 0 Å². The third kappa shape index (κ3) is 8.40. The van der Waals surface area contributed by atoms with Gasteiger partial charge in [0.2, 0.25) is 0 Å². The Morgan fingerprint density at radius 1 is 1.21 bits per heavy atom. The maximum Gasteiger partial charge on any atom is 0.481 e. The number of nitrogens with zero attached hydrogens (tertiary/aromatic N) is 3. The molecule has 0 saturated heterocycles. The first kappa shape index (κ1) is 27.3. The second-order valence-corrected chi connectivity index (χ2v) is 10.7. The molecule has 1 aromatic rings. The molecule has 14 nitrogen and oxygen atoms in total. The average Bonchev–Trinajstić information content (AvgIpc) is 2.96. The fourth-order valence-corrected chi connectivity index (χ4v) is 5.53. The summed E-state index contributed by atoms with van der Waals surface area (Å²) in [7, 11) is -10.2. The molecule has 7 N–H and O–H groups in total. The maximum absolute atomic E-state index is 11.6. The van der Waals surface area contributed by atoms with Crippen LogP contribution in [-0.4, -0.2) is 52.3 Å². The van der Waals surface area contributed by atoms with E-state index in [1.165, 1.54) is 6.20 Å². The molecule has 184 valence electrons. The lowest BCUT2D eigenvalue weighted by atomic mass is 10.2. The quantitative estimate of drug-likeness (QED) is 0.180. The predicted octanol–water partition coefficient (Wildman–Crippen LogP) is 2.36. The molecule has 2 rings (SSSR count). The summed E-state index contributed by atoms with van der Waals surface area (Å²) in [5.41, 5.74) is 7.13. The fraction of sp³-hybridized carbons (Fsp3) is 0.438. The van der Waals surface area contributed by atoms with Gasteiger partial charge in [-0.05, 0) is 13.8 Å². The molecule has 0 spiro atoms. The SMILES string of the molecule is CC1=C(CCOP(=O)(O)OP(=O)(O)O)S/C(=C(/O)CCC(=O)O)N1Cc1cnc(C)nc1N. The van der Waals surface area contributed by atoms with E-state index in [0.29, 0.717) is 27.0 Å². The van der Waals surface area contributed by atoms with Crippen LogP contribution in [-0.2, 0) is 29.3 Å². The second-order valence-electron chi connectivity index (χ2n) is 6.79. The highest BCUT2D eigenvalue weighted by Crippen LogP contribution is 2.57. The molecule has 0 amide bonds. The number of rotatable bonds is 11. The van der Waals surface area contributed by atoms with Crippen molar-refractivity contribution in [3.63, 3.8) is 0 Å². The second kappa shape index (κ2) is 11.0. The summed E-state index contributed by atoms with van der Waals surface area (Å²) in [6.45, 7) is 3.10. The van der Waals surface area contributed by atoms with Crippen molar-refractivity contribution in [2.45, 2.75) is 39.7 Å². The molecule has 17 heteroatoms. The molecule has 0 aliphatic carbocycles. The van der Waals surface area contributed by atoms with Gasteiger partial charge in [0.05, 0.1) is 19.6 Å². The third-order valence-electron chi connectivity index (χ3n) is 4.24. The molecule has 2 heterocycles. The Balaban J connectivity index is 2.24. The van der Waals surface area contributed by atoms with Gasteiger partial charge in [-0.1, -0.05) is 11.8 Å². The van der Waals surface area contributed by atoms with E-state index in [-0.39, 0.29) is 37.4 Å². The van der Waals surface area contributed by atoms with Gasteiger partial charge in [0.1, 0.15) is 22.4 Å². The summed E-state index contributed by atoms with van der Waals surface area (Å²) < 4.78 is 30.7. The lowest BCUT2D eigenvalue weighted by Crippen LogP contribution is -2.19. The number of aliphatic hydroxyl groups excluding tert-OH is 1. The van der Waals surface area contributed by atoms with E-state index in [1.54, 1.807) is 18.7 Å². The van der Waals surface area contributed by atoms with Crippen molar-refractivity contribution in [2.24, 2.45) is 0 Å². The third-order valence-corrected chi connectivity index (χ3v) is 7.82. The van der Waals surface area contributed by atoms with Crippen LogP contribution in [0, 0.1) is 6.92 Å². The number of carbonyl (C=O) groups is 1. The van der Waals surface area contributed by atoms with Crippen LogP contribution in [0.1, 0.15) is 37.6 Å². The van der Waals surface area contributed by atoms with E-state index >= 15 is 0 Å². The molecule has 1 unspecified atom stereocenters. The average molecular weight is 526 g/mol. The van der Waals surface area contributed by atoms with Gasteiger partial charge in [0.25, 0.3) is 0 Å². The normalized spacial score (nSPS) is 17.9. The highest BCUT2D eigenvalue weighted by Gasteiger charge is 2.33. The van der Waals surface area contributed by atoms with Gasteiger partial charge in [0.15, 0.2) is 0 Å². The Morgan fingerprint density at radius 3 is 2.45 bits per heavy atom. The van der Waals surface area contributed by atoms with Crippen LogP contribution in [0.2, 0.25) is 0 Å². The zero-order valence-electron chi connectivity index (χ0n) is 17.6. The summed E-state index contributed by atoms with van der Waals surface area (Å²) >= 11 is 1.09. The minimum atomic E-state index is -5.24. The summed E-state index contributed by atoms with van der Waals surface area (Å²) in [6.07, 6.45) is 1.12. The van der Waals surface area contributed by atoms with E-state index in [0.717, 1.165) is 11.8 Å². The lowest BCUT2D eigenvalue weighted by Gasteiger charge is -2.23. The molecular weight excluding hydrogens is 502 g/mol. The Labute approximate surface area is 193 Å². The number of hydrogen-bond acceptors (Lipinski definition) is 11. The van der Waals surface area contributed by atoms with Crippen LogP contribution < -0.4 is 5.73 Å². The number of anilines is 1. The summed E-state index contributed by atoms with van der Waals surface area (Å²) in [6, 6.07) is 0. The van der Waals surface area contributed by atoms with Crippen LogP contribution in [0.5, 0.6) is 0 Å². The monoisotopic (exact) mass is 526 g/mol. The minimum Gasteiger partial charge on any atom is -0.510 e. The first-order chi connectivity index (χ1) is 15.2. The maximum atomic E-state index is 11.6. The van der Waals surface area contributed by atoms with Gasteiger partial charge < -0.3 is 35.5 Å². The number of aliphatic hydroxyl groups is 1. The van der Waals surface area contributed by atoms with Crippen molar-refractivity contribution in [1.29, 1.82) is 0 Å². The van der Waals surface area contributed by atoms with Crippen molar-refractivity contribution in [3.05, 3.63) is 39.0 Å². The van der Waals surface area contributed by atoms with Crippen molar-refractivity contribution in [1.82, 2.24) is 14.9 Å². The molecule has 1 aromatic heterocycles. The van der Waals surface area contributed by atoms with Crippen molar-refractivity contribution < 1.29 is 47.7 Å². The van der Waals surface area contributed by atoms with Gasteiger partial charge >= 0.3 is 21.6 Å². The predicted molar refractivity (Wildman–Crippen MR) is 117 cm³/mol. The fourth-order valence-electron chi connectivity index (χ4n) is 2.73. The van der Waals surface area contributed by atoms with Crippen molar-refractivity contribution in [3.8, 4) is 0 Å². The van der Waals surface area contributed by atoms with Crippen molar-refractivity contribution >= 4 is 39.2 Å². The first-order valence-corrected chi connectivity index (χ1v) is 13.1. The van der Waals surface area contributed by atoms with E-state index in [2.05, 4.69) is 18.8 Å². The molecular formula is C16H24N4O10P2S. The number of nitrogen functional groups attached to an aromatic ring is 1. The van der Waals surface area contributed by atoms with Crippen molar-refractivity contribution in [2.75, 3.05) is 12.3 Å². The molecule has 0 radical (unpaired) electrons. The van der Waals surface area contributed by atoms with Crippen LogP contribution >= 0.6 is 27.4 Å². The number of aliphatic carboxylic acids is 1. The van der Waals surface area contributed by atoms with Gasteiger partial charge in [-0.15, -0.1) is 0 Å². The number of hydrogen-bond donors (Lipinski definition) is 6. The number of carboxylic acids is 1. The van der Waals surface area contributed by atoms with E-state index < -0.39 is 28.2 Å². The number of aromatic nitrogens is 2. The minimum absolute atomic E-state index is 0.0255. The summed E-state index contributed by atoms with van der Waals surface area (Å²) in [5, 5.41) is 19.8. The molecule has 33 heavy (non-hydrogen) atoms. The van der Waals surface area contributed by atoms with E-state index in [9.17, 15) is 23.9 Å². The van der Waals surface area contributed by atoms with Gasteiger partial charge in [-0.2, -0.15) is 4.31 Å². The standard InChI is InChI=1S/C16H24N4O10P2S/c1-9-13(5-6-29-32(27,28)30-31(24,25)26)33-16(12(21)3-4-14(22)23)20(9)8-11-7-18-10(2)19-15(11)17/h7,21H,3-6,8H2,1-2H3,(H,22,23)(H,27,28)(H2,17,18,19)(H2,24,25,26)/b16-12+. The van der Waals surface area contributed by atoms with Crippen LogP contribution in [0.25, 0.3) is 0 Å². The number of allylic oxidation sites excluding steroid dienone is 2. The smallest absolute Gasteiger partial charge is 0.481 e. The molecule has 0 bridgehead atoms. The van der Waals surface area contributed by atoms with Crippen LogP contribution in [0.4, 0.5) is 5.82 Å². The topological polar surface area (TPSA) is 226 Å². The molecule has 0 saturated carbocycles. The van der Waals surface area contributed by atoms with E-state index in [4.69, 9.17) is 20.6 Å². The molecule has 0 fully saturated rings. The number of nitrogens with two attached hydrogens (primary N) is 1. The Morgan fingerprint density at radius 2 is 1.88 bits per heavy atom. The number of phosphoric ester groups is 1. The number of carboxylic acid groups (broad SMARTS) is 1. The van der Waals surface area contributed by atoms with Gasteiger partial charge in [0, 0.05) is 35.2 Å². The Kier molecular flexibility index (Phi) is 9.08. The molecule has 1 aliphatic heterocycles. The van der Waals surface area contributed by atoms with Gasteiger partial charge in [-0.25, -0.2) is 19.1 Å². The molecule has 1 aliphatic rings. The Bertz CT molecular complexity index is 1070.